The fraction of sp³-hybridized carbons (Fsp3) is 1.00. The van der Waals surface area contributed by atoms with Gasteiger partial charge in [-0.15, -0.1) is 6.54 Å². The first-order valence-electron chi connectivity index (χ1n) is 12.5. The molecule has 8 nitrogen and oxygen atoms in total. The van der Waals surface area contributed by atoms with Crippen molar-refractivity contribution in [3.05, 3.63) is 36.3 Å². The van der Waals surface area contributed by atoms with Gasteiger partial charge >= 0.3 is 33.3 Å². The zero-order valence-electron chi connectivity index (χ0n) is 20.1. The molecule has 0 aromatic rings. The van der Waals surface area contributed by atoms with Crippen molar-refractivity contribution in [3.8, 4) is 0 Å². The van der Waals surface area contributed by atoms with Crippen LogP contribution in [0.4, 0.5) is 0 Å². The van der Waals surface area contributed by atoms with E-state index < -0.39 is 0 Å². The third-order valence-electron chi connectivity index (χ3n) is 6.18. The van der Waals surface area contributed by atoms with Gasteiger partial charge in [0.15, 0.2) is 6.54 Å². The van der Waals surface area contributed by atoms with Gasteiger partial charge in [-0.05, 0) is 11.6 Å². The summed E-state index contributed by atoms with van der Waals surface area (Å²) >= 11 is 5.49. The second kappa shape index (κ2) is 24.1. The summed E-state index contributed by atoms with van der Waals surface area (Å²) in [6, 6.07) is 1.14. The van der Waals surface area contributed by atoms with E-state index in [4.69, 9.17) is 53.2 Å². The van der Waals surface area contributed by atoms with Crippen LogP contribution >= 0.6 is 32.0 Å². The van der Waals surface area contributed by atoms with E-state index in [-0.39, 0.29) is 25.2 Å². The van der Waals surface area contributed by atoms with E-state index in [1.54, 1.807) is 0 Å². The Labute approximate surface area is 226 Å². The van der Waals surface area contributed by atoms with Crippen LogP contribution in [0.5, 0.6) is 0 Å². The fourth-order valence-corrected chi connectivity index (χ4v) is 4.49. The van der Waals surface area contributed by atoms with Crippen molar-refractivity contribution >= 4 is 32.0 Å². The van der Waals surface area contributed by atoms with Gasteiger partial charge in [-0.3, -0.25) is 11.8 Å². The second-order valence-corrected chi connectivity index (χ2v) is 10.9. The topological polar surface area (TPSA) is 116 Å². The molecular formula is C22H41Cl3MnN7O-5. The number of unbranched alkanes of at least 4 members (excludes halogenated alkanes) is 2. The van der Waals surface area contributed by atoms with Crippen LogP contribution in [-0.2, 0) is 13.1 Å². The van der Waals surface area contributed by atoms with Gasteiger partial charge < -0.3 is 31.4 Å². The summed E-state index contributed by atoms with van der Waals surface area (Å²) < 4.78 is 0. The van der Waals surface area contributed by atoms with Crippen molar-refractivity contribution in [1.82, 2.24) is 0 Å². The van der Waals surface area contributed by atoms with Crippen molar-refractivity contribution in [3.63, 3.8) is 0 Å². The van der Waals surface area contributed by atoms with Crippen molar-refractivity contribution in [2.75, 3.05) is 52.4 Å². The second-order valence-electron chi connectivity index (χ2n) is 8.72. The first-order valence-corrected chi connectivity index (χ1v) is 16.1. The molecule has 2 rings (SSSR count). The van der Waals surface area contributed by atoms with Crippen molar-refractivity contribution in [2.45, 2.75) is 88.4 Å². The molecule has 34 heavy (non-hydrogen) atoms. The molecule has 0 amide bonds. The number of halogens is 3. The molecule has 2 fully saturated rings. The van der Waals surface area contributed by atoms with Crippen LogP contribution in [0.3, 0.4) is 0 Å². The number of rotatable bonds is 10. The summed E-state index contributed by atoms with van der Waals surface area (Å²) in [5.41, 5.74) is 0. The van der Waals surface area contributed by atoms with Gasteiger partial charge in [0.2, 0.25) is 0 Å². The van der Waals surface area contributed by atoms with Gasteiger partial charge in [0, 0.05) is 11.3 Å². The molecule has 1 saturated heterocycles. The van der Waals surface area contributed by atoms with Crippen LogP contribution in [0, 0.1) is 4.91 Å². The molecule has 203 valence electrons. The van der Waals surface area contributed by atoms with Crippen molar-refractivity contribution in [1.29, 1.82) is 0 Å². The van der Waals surface area contributed by atoms with Crippen LogP contribution in [0.15, 0.2) is 0 Å². The molecule has 4 atom stereocenters. The first-order chi connectivity index (χ1) is 16.7. The molecule has 0 unspecified atom stereocenters. The average molecular weight is 581 g/mol. The van der Waals surface area contributed by atoms with Gasteiger partial charge in [-0.1, -0.05) is 51.4 Å². The minimum absolute atomic E-state index is 0.00694. The van der Waals surface area contributed by atoms with Crippen LogP contribution in [0.25, 0.3) is 31.4 Å². The van der Waals surface area contributed by atoms with E-state index in [9.17, 15) is 4.91 Å². The summed E-state index contributed by atoms with van der Waals surface area (Å²) in [6.45, 7) is 5.84. The van der Waals surface area contributed by atoms with Crippen LogP contribution < -0.4 is 5.18 Å². The molecular weight excluding hydrogens is 540 g/mol. The summed E-state index contributed by atoms with van der Waals surface area (Å²) in [7, 11) is 9.59. The van der Waals surface area contributed by atoms with Crippen LogP contribution in [0.1, 0.15) is 64.2 Å². The molecule has 2 aliphatic rings. The Morgan fingerprint density at radius 2 is 1.38 bits per heavy atom. The van der Waals surface area contributed by atoms with Crippen molar-refractivity contribution < 1.29 is 18.3 Å². The van der Waals surface area contributed by atoms with E-state index in [1.165, 1.54) is 12.8 Å². The maximum atomic E-state index is 10.5. The zero-order chi connectivity index (χ0) is 24.7. The number of fused-ring (bicyclic) bond motifs is 1. The summed E-state index contributed by atoms with van der Waals surface area (Å²) in [5, 5.41) is 26.6. The van der Waals surface area contributed by atoms with Gasteiger partial charge in [-0.2, -0.15) is 63.4 Å². The number of hydrogen-bond donors (Lipinski definition) is 1. The van der Waals surface area contributed by atoms with E-state index in [0.717, 1.165) is 90.6 Å². The molecule has 1 saturated carbocycles. The minimum atomic E-state index is 0.00694. The SMILES string of the molecule is O=[NH+]CCCC[C@@H]1C[N-][C@@H](CCCC[N-]Cl)C[N-][C@@H]2CCCC[C@H]2[N-]CC[N-]CC[N-]1.[Cl][Mn][Cl]. The van der Waals surface area contributed by atoms with Gasteiger partial charge in [-0.25, -0.2) is 0 Å². The van der Waals surface area contributed by atoms with E-state index in [1.807, 2.05) is 5.18 Å². The Bertz CT molecular complexity index is 474. The molecule has 1 heterocycles. The predicted octanol–water partition coefficient (Wildman–Crippen LogP) is 6.01. The Morgan fingerprint density at radius 3 is 2.06 bits per heavy atom. The first kappa shape index (κ1) is 32.8. The number of hydrogen-bond acceptors (Lipinski definition) is 1. The number of nitrogens with zero attached hydrogens (tertiary/aromatic N) is 6. The van der Waals surface area contributed by atoms with Crippen LogP contribution in [0.2, 0.25) is 0 Å². The zero-order valence-corrected chi connectivity index (χ0v) is 23.6. The monoisotopic (exact) mass is 579 g/mol. The average Bonchev–Trinajstić information content (AvgIpc) is 2.85. The van der Waals surface area contributed by atoms with Gasteiger partial charge in [0.05, 0.1) is 0 Å². The Morgan fingerprint density at radius 1 is 0.794 bits per heavy atom. The molecule has 12 heteroatoms. The van der Waals surface area contributed by atoms with Crippen LogP contribution in [-0.4, -0.2) is 76.5 Å². The predicted molar refractivity (Wildman–Crippen MR) is 142 cm³/mol. The molecule has 1 aliphatic carbocycles. The Balaban J connectivity index is 0.00000182. The normalized spacial score (nSPS) is 27.4. The van der Waals surface area contributed by atoms with E-state index in [2.05, 4.69) is 10.2 Å². The molecule has 0 bridgehead atoms. The van der Waals surface area contributed by atoms with Gasteiger partial charge in [0.25, 0.3) is 0 Å². The van der Waals surface area contributed by atoms with Crippen molar-refractivity contribution in [2.24, 2.45) is 0 Å². The number of nitrogens with one attached hydrogen (secondary N) is 1. The maximum absolute atomic E-state index is 10.5. The van der Waals surface area contributed by atoms with E-state index in [0.29, 0.717) is 25.2 Å². The molecule has 1 aliphatic heterocycles. The van der Waals surface area contributed by atoms with E-state index >= 15 is 0 Å². The molecule has 0 spiro atoms. The molecule has 0 aromatic heterocycles. The van der Waals surface area contributed by atoms with Gasteiger partial charge in [0.1, 0.15) is 0 Å². The number of nitroso groups, excluding NO2 is 1. The standard InChI is InChI=1S/C22H40ClN7O.2ClH.Mn/c23-29-11-5-3-8-20-18-28-22-10-2-1-9-21(22)26-16-14-24-13-15-25-19(17-27-20)7-4-6-12-30-31;;;/h19-22H,1-18H2;2*1H;/q-6;;;+2/p-1/t19-,20+,21-,22-;;;/m1.../s1. The third kappa shape index (κ3) is 17.2. The molecule has 0 radical (unpaired) electrons. The Hall–Kier alpha value is 0.749. The summed E-state index contributed by atoms with van der Waals surface area (Å²) in [4.78, 5) is 14.2. The quantitative estimate of drug-likeness (QED) is 0.247. The molecule has 0 aromatic carbocycles. The Kier molecular flexibility index (Phi) is 23.2. The summed E-state index contributed by atoms with van der Waals surface area (Å²) in [6.07, 6.45) is 10.7. The third-order valence-corrected chi connectivity index (χ3v) is 6.35. The fourth-order valence-electron chi connectivity index (χ4n) is 4.37. The summed E-state index contributed by atoms with van der Waals surface area (Å²) in [5.74, 6) is 0. The molecule has 1 N–H and O–H groups in total.